The number of hydrogen-bond donors (Lipinski definition) is 1. The smallest absolute Gasteiger partial charge is 0.303 e. The largest absolute Gasteiger partial charge is 0.481 e. The van der Waals surface area contributed by atoms with E-state index >= 15 is 0 Å². The van der Waals surface area contributed by atoms with Crippen molar-refractivity contribution in [3.63, 3.8) is 0 Å². The number of likely N-dealkylation sites (N-methyl/N-ethyl adjacent to an activating group) is 1. The summed E-state index contributed by atoms with van der Waals surface area (Å²) in [6.45, 7) is 8.91. The molecule has 5 nitrogen and oxygen atoms in total. The lowest BCUT2D eigenvalue weighted by Crippen LogP contribution is -2.54. The number of ether oxygens (including phenoxy) is 1. The minimum Gasteiger partial charge on any atom is -0.481 e. The van der Waals surface area contributed by atoms with Gasteiger partial charge >= 0.3 is 5.97 Å². The fourth-order valence-corrected chi connectivity index (χ4v) is 2.67. The molecular formula is C12H22N2O3. The first-order chi connectivity index (χ1) is 8.17. The maximum atomic E-state index is 10.5. The zero-order chi connectivity index (χ0) is 12.3. The number of carboxylic acids is 1. The molecule has 17 heavy (non-hydrogen) atoms. The summed E-state index contributed by atoms with van der Waals surface area (Å²) in [5.41, 5.74) is 0. The number of likely N-dealkylation sites (tertiary alicyclic amines) is 1. The van der Waals surface area contributed by atoms with E-state index in [0.717, 1.165) is 45.9 Å². The molecule has 0 saturated carbocycles. The molecular weight excluding hydrogens is 220 g/mol. The predicted molar refractivity (Wildman–Crippen MR) is 64.0 cm³/mol. The van der Waals surface area contributed by atoms with Crippen LogP contribution >= 0.6 is 0 Å². The number of hydrogen-bond acceptors (Lipinski definition) is 4. The van der Waals surface area contributed by atoms with Crippen LogP contribution in [0, 0.1) is 5.92 Å². The standard InChI is InChI=1S/C12H22N2O3/c1-2-13-3-4-17-11(8-13)9-14-6-10(7-14)5-12(15)16/h10-11H,2-9H2,1H3,(H,15,16). The molecule has 2 aliphatic rings. The first kappa shape index (κ1) is 12.8. The number of aliphatic carboxylic acids is 1. The van der Waals surface area contributed by atoms with Crippen LogP contribution in [0.3, 0.4) is 0 Å². The van der Waals surface area contributed by atoms with Gasteiger partial charge in [0.15, 0.2) is 0 Å². The lowest BCUT2D eigenvalue weighted by atomic mass is 9.96. The number of rotatable bonds is 5. The highest BCUT2D eigenvalue weighted by atomic mass is 16.5. The quantitative estimate of drug-likeness (QED) is 0.742. The summed E-state index contributed by atoms with van der Waals surface area (Å²) in [6, 6.07) is 0. The summed E-state index contributed by atoms with van der Waals surface area (Å²) in [5.74, 6) is -0.334. The molecule has 98 valence electrons. The van der Waals surface area contributed by atoms with E-state index in [0.29, 0.717) is 18.4 Å². The van der Waals surface area contributed by atoms with Crippen LogP contribution in [0.2, 0.25) is 0 Å². The molecule has 2 fully saturated rings. The van der Waals surface area contributed by atoms with Gasteiger partial charge in [0, 0.05) is 32.7 Å². The van der Waals surface area contributed by atoms with E-state index in [1.807, 2.05) is 0 Å². The van der Waals surface area contributed by atoms with Gasteiger partial charge in [-0.05, 0) is 12.5 Å². The molecule has 2 heterocycles. The summed E-state index contributed by atoms with van der Waals surface area (Å²) in [6.07, 6.45) is 0.609. The van der Waals surface area contributed by atoms with Crippen LogP contribution in [0.4, 0.5) is 0 Å². The van der Waals surface area contributed by atoms with Gasteiger partial charge in [0.2, 0.25) is 0 Å². The van der Waals surface area contributed by atoms with Crippen molar-refractivity contribution < 1.29 is 14.6 Å². The predicted octanol–water partition coefficient (Wildman–Crippen LogP) is 0.114. The van der Waals surface area contributed by atoms with Crippen molar-refractivity contribution in [1.29, 1.82) is 0 Å². The van der Waals surface area contributed by atoms with Gasteiger partial charge in [0.25, 0.3) is 0 Å². The third-order valence-electron chi connectivity index (χ3n) is 3.63. The lowest BCUT2D eigenvalue weighted by Gasteiger charge is -2.42. The van der Waals surface area contributed by atoms with Crippen LogP contribution in [-0.2, 0) is 9.53 Å². The van der Waals surface area contributed by atoms with Gasteiger partial charge in [-0.25, -0.2) is 0 Å². The van der Waals surface area contributed by atoms with Gasteiger partial charge in [0.05, 0.1) is 19.1 Å². The summed E-state index contributed by atoms with van der Waals surface area (Å²) < 4.78 is 5.73. The van der Waals surface area contributed by atoms with Crippen molar-refractivity contribution >= 4 is 5.97 Å². The molecule has 1 N–H and O–H groups in total. The first-order valence-corrected chi connectivity index (χ1v) is 6.45. The second-order valence-corrected chi connectivity index (χ2v) is 5.07. The zero-order valence-electron chi connectivity index (χ0n) is 10.5. The molecule has 0 bridgehead atoms. The molecule has 2 rings (SSSR count). The molecule has 0 amide bonds. The maximum absolute atomic E-state index is 10.5. The molecule has 0 spiro atoms. The Balaban J connectivity index is 1.64. The highest BCUT2D eigenvalue weighted by Crippen LogP contribution is 2.20. The summed E-state index contributed by atoms with van der Waals surface area (Å²) in [4.78, 5) is 15.2. The Hall–Kier alpha value is -0.650. The lowest BCUT2D eigenvalue weighted by molar-refractivity contribution is -0.139. The Morgan fingerprint density at radius 3 is 2.76 bits per heavy atom. The van der Waals surface area contributed by atoms with Gasteiger partial charge in [-0.15, -0.1) is 0 Å². The average molecular weight is 242 g/mol. The van der Waals surface area contributed by atoms with Crippen LogP contribution < -0.4 is 0 Å². The van der Waals surface area contributed by atoms with Crippen molar-refractivity contribution in [1.82, 2.24) is 9.80 Å². The van der Waals surface area contributed by atoms with Crippen LogP contribution in [0.15, 0.2) is 0 Å². The van der Waals surface area contributed by atoms with E-state index in [9.17, 15) is 4.79 Å². The van der Waals surface area contributed by atoms with Gasteiger partial charge in [-0.2, -0.15) is 0 Å². The van der Waals surface area contributed by atoms with E-state index in [1.165, 1.54) is 0 Å². The van der Waals surface area contributed by atoms with Crippen molar-refractivity contribution in [2.75, 3.05) is 45.9 Å². The summed E-state index contributed by atoms with van der Waals surface area (Å²) in [5, 5.41) is 8.67. The number of carboxylic acid groups (broad SMARTS) is 1. The Morgan fingerprint density at radius 1 is 1.35 bits per heavy atom. The summed E-state index contributed by atoms with van der Waals surface area (Å²) >= 11 is 0. The number of morpholine rings is 1. The van der Waals surface area contributed by atoms with Crippen molar-refractivity contribution in [3.05, 3.63) is 0 Å². The van der Waals surface area contributed by atoms with Gasteiger partial charge in [-0.1, -0.05) is 6.92 Å². The number of nitrogens with zero attached hydrogens (tertiary/aromatic N) is 2. The van der Waals surface area contributed by atoms with E-state index in [-0.39, 0.29) is 0 Å². The second kappa shape index (κ2) is 5.80. The van der Waals surface area contributed by atoms with E-state index in [1.54, 1.807) is 0 Å². The minimum absolute atomic E-state index is 0.300. The monoisotopic (exact) mass is 242 g/mol. The van der Waals surface area contributed by atoms with Gasteiger partial charge < -0.3 is 14.7 Å². The van der Waals surface area contributed by atoms with Crippen molar-refractivity contribution in [2.45, 2.75) is 19.4 Å². The molecule has 0 aromatic carbocycles. The summed E-state index contributed by atoms with van der Waals surface area (Å²) in [7, 11) is 0. The van der Waals surface area contributed by atoms with Crippen LogP contribution in [0.25, 0.3) is 0 Å². The molecule has 2 aliphatic heterocycles. The van der Waals surface area contributed by atoms with E-state index in [4.69, 9.17) is 9.84 Å². The van der Waals surface area contributed by atoms with Crippen molar-refractivity contribution in [2.24, 2.45) is 5.92 Å². The highest BCUT2D eigenvalue weighted by molar-refractivity contribution is 5.67. The molecule has 0 aromatic heterocycles. The fourth-order valence-electron chi connectivity index (χ4n) is 2.67. The average Bonchev–Trinajstić information content (AvgIpc) is 2.26. The third kappa shape index (κ3) is 3.66. The fraction of sp³-hybridized carbons (Fsp3) is 0.917. The van der Waals surface area contributed by atoms with Crippen LogP contribution in [-0.4, -0.2) is 72.9 Å². The molecule has 2 saturated heterocycles. The second-order valence-electron chi connectivity index (χ2n) is 5.07. The maximum Gasteiger partial charge on any atom is 0.303 e. The zero-order valence-corrected chi connectivity index (χ0v) is 10.5. The molecule has 1 unspecified atom stereocenters. The Kier molecular flexibility index (Phi) is 4.36. The van der Waals surface area contributed by atoms with E-state index in [2.05, 4.69) is 16.7 Å². The third-order valence-corrected chi connectivity index (χ3v) is 3.63. The Bertz CT molecular complexity index is 266. The first-order valence-electron chi connectivity index (χ1n) is 6.45. The normalized spacial score (nSPS) is 27.9. The van der Waals surface area contributed by atoms with Gasteiger partial charge in [-0.3, -0.25) is 9.69 Å². The molecule has 0 radical (unpaired) electrons. The minimum atomic E-state index is -0.680. The topological polar surface area (TPSA) is 53.0 Å². The van der Waals surface area contributed by atoms with Crippen LogP contribution in [0.5, 0.6) is 0 Å². The molecule has 0 aromatic rings. The Morgan fingerprint density at radius 2 is 2.12 bits per heavy atom. The van der Waals surface area contributed by atoms with E-state index < -0.39 is 5.97 Å². The van der Waals surface area contributed by atoms with Crippen molar-refractivity contribution in [3.8, 4) is 0 Å². The van der Waals surface area contributed by atoms with Gasteiger partial charge in [0.1, 0.15) is 0 Å². The number of carbonyl (C=O) groups is 1. The highest BCUT2D eigenvalue weighted by Gasteiger charge is 2.31. The molecule has 5 heteroatoms. The molecule has 0 aliphatic carbocycles. The molecule has 1 atom stereocenters. The van der Waals surface area contributed by atoms with Crippen LogP contribution in [0.1, 0.15) is 13.3 Å². The SMILES string of the molecule is CCN1CCOC(CN2CC(CC(=O)O)C2)C1. The Labute approximate surface area is 102 Å².